The van der Waals surface area contributed by atoms with Crippen molar-refractivity contribution in [1.29, 1.82) is 0 Å². The van der Waals surface area contributed by atoms with Gasteiger partial charge in [-0.2, -0.15) is 0 Å². The molecule has 1 saturated heterocycles. The molecule has 0 spiro atoms. The summed E-state index contributed by atoms with van der Waals surface area (Å²) in [5, 5.41) is 6.54. The summed E-state index contributed by atoms with van der Waals surface area (Å²) in [7, 11) is -3.39. The van der Waals surface area contributed by atoms with Crippen LogP contribution in [-0.2, 0) is 24.3 Å². The zero-order valence-electron chi connectivity index (χ0n) is 18.7. The van der Waals surface area contributed by atoms with E-state index >= 15 is 0 Å². The van der Waals surface area contributed by atoms with Gasteiger partial charge in [-0.05, 0) is 58.8 Å². The van der Waals surface area contributed by atoms with E-state index in [4.69, 9.17) is 9.47 Å². The van der Waals surface area contributed by atoms with Gasteiger partial charge in [0.15, 0.2) is 5.96 Å². The van der Waals surface area contributed by atoms with Gasteiger partial charge in [-0.1, -0.05) is 0 Å². The lowest BCUT2D eigenvalue weighted by atomic mass is 9.86. The molecule has 0 amide bonds. The third kappa shape index (κ3) is 11.2. The van der Waals surface area contributed by atoms with Crippen LogP contribution >= 0.6 is 24.0 Å². The Morgan fingerprint density at radius 1 is 1.13 bits per heavy atom. The molecule has 1 aliphatic heterocycles. The van der Waals surface area contributed by atoms with Gasteiger partial charge in [0, 0.05) is 25.7 Å². The molecule has 0 aromatic heterocycles. The summed E-state index contributed by atoms with van der Waals surface area (Å²) in [5.74, 6) is 0.425. The lowest BCUT2D eigenvalue weighted by molar-refractivity contribution is -0.149. The molecule has 3 N–H and O–H groups in total. The molecule has 1 atom stereocenters. The number of carbonyl (C=O) groups excluding carboxylic acids is 1. The minimum Gasteiger partial charge on any atom is -0.466 e. The second kappa shape index (κ2) is 15.2. The highest BCUT2D eigenvalue weighted by atomic mass is 127. The molecule has 2 fully saturated rings. The summed E-state index contributed by atoms with van der Waals surface area (Å²) in [6.07, 6.45) is 6.28. The first kappa shape index (κ1) is 28.4. The molecule has 0 bridgehead atoms. The molecule has 182 valence electrons. The number of sulfonamides is 1. The number of hydrogen-bond donors (Lipinski definition) is 3. The van der Waals surface area contributed by atoms with E-state index in [-0.39, 0.29) is 60.3 Å². The molecule has 0 aromatic rings. The quantitative estimate of drug-likeness (QED) is 0.158. The summed E-state index contributed by atoms with van der Waals surface area (Å²) in [6.45, 7) is 6.10. The van der Waals surface area contributed by atoms with Gasteiger partial charge in [0.25, 0.3) is 0 Å². The van der Waals surface area contributed by atoms with Crippen molar-refractivity contribution in [2.45, 2.75) is 70.9 Å². The average molecular weight is 575 g/mol. The van der Waals surface area contributed by atoms with E-state index in [0.29, 0.717) is 32.3 Å². The highest BCUT2D eigenvalue weighted by Crippen LogP contribution is 2.25. The largest absolute Gasteiger partial charge is 0.466 e. The average Bonchev–Trinajstić information content (AvgIpc) is 2.74. The first-order valence-electron chi connectivity index (χ1n) is 11.2. The van der Waals surface area contributed by atoms with Crippen LogP contribution in [0.5, 0.6) is 0 Å². The number of rotatable bonds is 10. The minimum atomic E-state index is -3.39. The number of carbonyl (C=O) groups is 1. The molecular weight excluding hydrogens is 535 g/mol. The fourth-order valence-electron chi connectivity index (χ4n) is 3.79. The molecule has 1 unspecified atom stereocenters. The maximum Gasteiger partial charge on any atom is 0.308 e. The lowest BCUT2D eigenvalue weighted by Gasteiger charge is -2.29. The van der Waals surface area contributed by atoms with Crippen LogP contribution in [0.15, 0.2) is 4.99 Å². The minimum absolute atomic E-state index is 0. The van der Waals surface area contributed by atoms with Crippen LogP contribution in [0.4, 0.5) is 0 Å². The highest BCUT2D eigenvalue weighted by molar-refractivity contribution is 14.0. The topological polar surface area (TPSA) is 118 Å². The fraction of sp³-hybridized carbons (Fsp3) is 0.900. The van der Waals surface area contributed by atoms with Gasteiger partial charge in [-0.25, -0.2) is 13.1 Å². The van der Waals surface area contributed by atoms with E-state index in [1.807, 2.05) is 13.8 Å². The molecule has 9 nitrogen and oxygen atoms in total. The molecule has 1 heterocycles. The Morgan fingerprint density at radius 3 is 2.48 bits per heavy atom. The third-order valence-electron chi connectivity index (χ3n) is 5.47. The normalized spacial score (nSPS) is 24.7. The van der Waals surface area contributed by atoms with Crippen LogP contribution < -0.4 is 15.4 Å². The van der Waals surface area contributed by atoms with E-state index in [1.54, 1.807) is 0 Å². The highest BCUT2D eigenvalue weighted by Gasteiger charge is 2.27. The maximum atomic E-state index is 12.2. The smallest absolute Gasteiger partial charge is 0.308 e. The van der Waals surface area contributed by atoms with Crippen LogP contribution in [0.2, 0.25) is 0 Å². The first-order valence-corrected chi connectivity index (χ1v) is 12.9. The van der Waals surface area contributed by atoms with E-state index < -0.39 is 10.0 Å². The van der Waals surface area contributed by atoms with E-state index in [2.05, 4.69) is 20.3 Å². The summed E-state index contributed by atoms with van der Waals surface area (Å²) < 4.78 is 37.8. The fourth-order valence-corrected chi connectivity index (χ4v) is 4.70. The van der Waals surface area contributed by atoms with Crippen LogP contribution in [0.25, 0.3) is 0 Å². The molecule has 1 saturated carbocycles. The summed E-state index contributed by atoms with van der Waals surface area (Å²) in [5.41, 5.74) is 0. The van der Waals surface area contributed by atoms with Crippen LogP contribution in [-0.4, -0.2) is 71.1 Å². The maximum absolute atomic E-state index is 12.2. The van der Waals surface area contributed by atoms with Crippen LogP contribution in [0.1, 0.15) is 58.8 Å². The second-order valence-electron chi connectivity index (χ2n) is 7.86. The van der Waals surface area contributed by atoms with Crippen molar-refractivity contribution in [2.75, 3.05) is 38.6 Å². The SMILES string of the molecule is CCNC(=NCCS(=O)(=O)NCC1CCCCO1)NC1CCC(C(=O)OCC)CC1.I. The van der Waals surface area contributed by atoms with Gasteiger partial charge >= 0.3 is 5.97 Å². The van der Waals surface area contributed by atoms with Crippen molar-refractivity contribution in [2.24, 2.45) is 10.9 Å². The van der Waals surface area contributed by atoms with Crippen molar-refractivity contribution in [3.8, 4) is 0 Å². The molecule has 0 radical (unpaired) electrons. The number of aliphatic imine (C=N–C) groups is 1. The number of nitrogens with one attached hydrogen (secondary N) is 3. The Hall–Kier alpha value is -0.660. The second-order valence-corrected chi connectivity index (χ2v) is 9.79. The standard InChI is InChI=1S/C20H38N4O5S.HI/c1-3-21-20(24-17-10-8-16(9-11-17)19(25)28-4-2)22-12-14-30(26,27)23-15-18-7-5-6-13-29-18;/h16-18,23H,3-15H2,1-2H3,(H2,21,22,24);1H. The van der Waals surface area contributed by atoms with Crippen molar-refractivity contribution in [3.05, 3.63) is 0 Å². The van der Waals surface area contributed by atoms with Crippen molar-refractivity contribution >= 4 is 45.9 Å². The predicted octanol–water partition coefficient (Wildman–Crippen LogP) is 1.77. The number of ether oxygens (including phenoxy) is 2. The summed E-state index contributed by atoms with van der Waals surface area (Å²) in [4.78, 5) is 16.3. The van der Waals surface area contributed by atoms with Gasteiger partial charge in [-0.15, -0.1) is 24.0 Å². The molecular formula is C20H39IN4O5S. The molecule has 11 heteroatoms. The Morgan fingerprint density at radius 2 is 1.87 bits per heavy atom. The summed E-state index contributed by atoms with van der Waals surface area (Å²) in [6, 6.07) is 0.214. The molecule has 31 heavy (non-hydrogen) atoms. The third-order valence-corrected chi connectivity index (χ3v) is 6.79. The summed E-state index contributed by atoms with van der Waals surface area (Å²) >= 11 is 0. The molecule has 2 aliphatic rings. The van der Waals surface area contributed by atoms with Gasteiger partial charge in [0.1, 0.15) is 0 Å². The lowest BCUT2D eigenvalue weighted by Crippen LogP contribution is -2.45. The van der Waals surface area contributed by atoms with Crippen LogP contribution in [0, 0.1) is 5.92 Å². The number of guanidine groups is 1. The Kier molecular flexibility index (Phi) is 13.9. The van der Waals surface area contributed by atoms with E-state index in [1.165, 1.54) is 0 Å². The number of halogens is 1. The molecule has 0 aromatic carbocycles. The van der Waals surface area contributed by atoms with Gasteiger partial charge in [0.05, 0.1) is 30.9 Å². The predicted molar refractivity (Wildman–Crippen MR) is 132 cm³/mol. The van der Waals surface area contributed by atoms with Gasteiger partial charge in [-0.3, -0.25) is 9.79 Å². The zero-order chi connectivity index (χ0) is 21.8. The van der Waals surface area contributed by atoms with E-state index in [9.17, 15) is 13.2 Å². The van der Waals surface area contributed by atoms with E-state index in [0.717, 1.165) is 44.9 Å². The Balaban J connectivity index is 0.00000480. The number of nitrogens with zero attached hydrogens (tertiary/aromatic N) is 1. The Bertz CT molecular complexity index is 648. The number of esters is 1. The monoisotopic (exact) mass is 574 g/mol. The molecule has 1 aliphatic carbocycles. The van der Waals surface area contributed by atoms with Crippen molar-refractivity contribution in [3.63, 3.8) is 0 Å². The van der Waals surface area contributed by atoms with Gasteiger partial charge in [0.2, 0.25) is 10.0 Å². The van der Waals surface area contributed by atoms with Gasteiger partial charge < -0.3 is 20.1 Å². The number of hydrogen-bond acceptors (Lipinski definition) is 6. The van der Waals surface area contributed by atoms with Crippen LogP contribution in [0.3, 0.4) is 0 Å². The zero-order valence-corrected chi connectivity index (χ0v) is 21.9. The van der Waals surface area contributed by atoms with Crippen molar-refractivity contribution < 1.29 is 22.7 Å². The molecule has 2 rings (SSSR count). The first-order chi connectivity index (χ1) is 14.4. The Labute approximate surface area is 203 Å². The van der Waals surface area contributed by atoms with Crippen molar-refractivity contribution in [1.82, 2.24) is 15.4 Å².